The number of benzene rings is 1. The van der Waals surface area contributed by atoms with Crippen molar-refractivity contribution in [1.82, 2.24) is 4.90 Å². The highest BCUT2D eigenvalue weighted by atomic mass is 19.2. The van der Waals surface area contributed by atoms with Crippen LogP contribution in [0.25, 0.3) is 0 Å². The van der Waals surface area contributed by atoms with E-state index in [0.29, 0.717) is 6.07 Å². The van der Waals surface area contributed by atoms with Gasteiger partial charge in [0.05, 0.1) is 5.56 Å². The summed E-state index contributed by atoms with van der Waals surface area (Å²) in [5.74, 6) is -3.01. The van der Waals surface area contributed by atoms with Gasteiger partial charge in [-0.1, -0.05) is 0 Å². The fourth-order valence-corrected chi connectivity index (χ4v) is 2.19. The molecular weight excluding hydrogens is 311 g/mol. The van der Waals surface area contributed by atoms with Crippen molar-refractivity contribution in [2.24, 2.45) is 0 Å². The lowest BCUT2D eigenvalue weighted by molar-refractivity contribution is 0.0557. The molecule has 0 spiro atoms. The maximum atomic E-state index is 13.8. The average Bonchev–Trinajstić information content (AvgIpc) is 2.39. The van der Waals surface area contributed by atoms with E-state index in [2.05, 4.69) is 5.92 Å². The van der Waals surface area contributed by atoms with Crippen LogP contribution in [0.1, 0.15) is 37.6 Å². The highest BCUT2D eigenvalue weighted by molar-refractivity contribution is 6.02. The summed E-state index contributed by atoms with van der Waals surface area (Å²) in [5, 5.41) is 9.35. The van der Waals surface area contributed by atoms with Gasteiger partial charge in [0, 0.05) is 18.0 Å². The molecule has 7 heteroatoms. The van der Waals surface area contributed by atoms with Crippen LogP contribution in [0.3, 0.4) is 0 Å². The molecule has 1 aromatic rings. The normalized spacial score (nSPS) is 12.4. The standard InChI is InChI=1S/C16H16F3NO3/c1-5-6-13(20(15(22)23)16(2,3)4)14(21)9-7-11(18)12(19)8-10(9)17/h1,7-8,13H,6H2,2-4H3,(H,22,23). The number of amides is 1. The van der Waals surface area contributed by atoms with Crippen LogP contribution < -0.4 is 0 Å². The Kier molecular flexibility index (Phi) is 5.43. The van der Waals surface area contributed by atoms with Crippen LogP contribution in [0, 0.1) is 29.8 Å². The molecule has 4 nitrogen and oxygen atoms in total. The number of hydrogen-bond acceptors (Lipinski definition) is 2. The van der Waals surface area contributed by atoms with Crippen molar-refractivity contribution in [1.29, 1.82) is 0 Å². The van der Waals surface area contributed by atoms with E-state index in [1.165, 1.54) is 20.8 Å². The third kappa shape index (κ3) is 4.03. The molecule has 0 saturated heterocycles. The molecule has 1 atom stereocenters. The van der Waals surface area contributed by atoms with E-state index in [1.807, 2.05) is 0 Å². The first kappa shape index (κ1) is 18.6. The molecule has 0 aromatic heterocycles. The molecule has 0 radical (unpaired) electrons. The van der Waals surface area contributed by atoms with Gasteiger partial charge >= 0.3 is 6.09 Å². The van der Waals surface area contributed by atoms with Crippen molar-refractivity contribution >= 4 is 11.9 Å². The minimum absolute atomic E-state index is 0.234. The molecule has 23 heavy (non-hydrogen) atoms. The van der Waals surface area contributed by atoms with E-state index in [-0.39, 0.29) is 12.5 Å². The Labute approximate surface area is 131 Å². The van der Waals surface area contributed by atoms with Gasteiger partial charge in [0.25, 0.3) is 0 Å². The molecule has 0 fully saturated rings. The van der Waals surface area contributed by atoms with Gasteiger partial charge in [-0.25, -0.2) is 18.0 Å². The van der Waals surface area contributed by atoms with Crippen LogP contribution in [0.4, 0.5) is 18.0 Å². The Morgan fingerprint density at radius 1 is 1.22 bits per heavy atom. The Morgan fingerprint density at radius 2 is 1.74 bits per heavy atom. The van der Waals surface area contributed by atoms with Crippen LogP contribution in [-0.4, -0.2) is 33.5 Å². The Balaban J connectivity index is 3.41. The number of ketones is 1. The summed E-state index contributed by atoms with van der Waals surface area (Å²) in [6.45, 7) is 4.58. The summed E-state index contributed by atoms with van der Waals surface area (Å²) in [4.78, 5) is 24.7. The van der Waals surface area contributed by atoms with E-state index in [1.54, 1.807) is 0 Å². The molecule has 1 unspecified atom stereocenters. The van der Waals surface area contributed by atoms with Crippen molar-refractivity contribution in [3.8, 4) is 12.3 Å². The average molecular weight is 327 g/mol. The largest absolute Gasteiger partial charge is 0.465 e. The first-order valence-corrected chi connectivity index (χ1v) is 6.65. The van der Waals surface area contributed by atoms with E-state index < -0.39 is 46.5 Å². The molecule has 1 amide bonds. The minimum Gasteiger partial charge on any atom is -0.465 e. The molecule has 1 aromatic carbocycles. The fraction of sp³-hybridized carbons (Fsp3) is 0.375. The lowest BCUT2D eigenvalue weighted by Crippen LogP contribution is -2.54. The summed E-state index contributed by atoms with van der Waals surface area (Å²) in [6.07, 6.45) is 3.40. The van der Waals surface area contributed by atoms with Crippen LogP contribution in [-0.2, 0) is 0 Å². The van der Waals surface area contributed by atoms with Crippen molar-refractivity contribution in [2.75, 3.05) is 0 Å². The first-order chi connectivity index (χ1) is 10.5. The predicted molar refractivity (Wildman–Crippen MR) is 77.5 cm³/mol. The molecule has 124 valence electrons. The van der Waals surface area contributed by atoms with E-state index >= 15 is 0 Å². The van der Waals surface area contributed by atoms with Gasteiger partial charge in [-0.05, 0) is 26.8 Å². The van der Waals surface area contributed by atoms with Crippen molar-refractivity contribution < 1.29 is 27.9 Å². The molecule has 1 N–H and O–H groups in total. The number of carbonyl (C=O) groups is 2. The van der Waals surface area contributed by atoms with Gasteiger partial charge in [0.1, 0.15) is 11.9 Å². The minimum atomic E-state index is -1.45. The summed E-state index contributed by atoms with van der Waals surface area (Å²) < 4.78 is 40.1. The highest BCUT2D eigenvalue weighted by Crippen LogP contribution is 2.24. The number of rotatable bonds is 4. The van der Waals surface area contributed by atoms with Crippen LogP contribution >= 0.6 is 0 Å². The summed E-state index contributed by atoms with van der Waals surface area (Å²) in [7, 11) is 0. The smallest absolute Gasteiger partial charge is 0.408 e. The predicted octanol–water partition coefficient (Wildman–Crippen LogP) is 3.46. The van der Waals surface area contributed by atoms with Crippen LogP contribution in [0.5, 0.6) is 0 Å². The molecule has 0 aliphatic heterocycles. The second-order valence-corrected chi connectivity index (χ2v) is 5.86. The van der Waals surface area contributed by atoms with Crippen molar-refractivity contribution in [3.63, 3.8) is 0 Å². The van der Waals surface area contributed by atoms with Crippen LogP contribution in [0.2, 0.25) is 0 Å². The maximum absolute atomic E-state index is 13.8. The lowest BCUT2D eigenvalue weighted by atomic mass is 9.95. The van der Waals surface area contributed by atoms with Gasteiger partial charge in [0.15, 0.2) is 17.4 Å². The summed E-state index contributed by atoms with van der Waals surface area (Å²) in [5.41, 5.74) is -1.77. The topological polar surface area (TPSA) is 57.6 Å². The zero-order valence-electron chi connectivity index (χ0n) is 12.9. The third-order valence-corrected chi connectivity index (χ3v) is 3.13. The zero-order valence-corrected chi connectivity index (χ0v) is 12.9. The molecular formula is C16H16F3NO3. The molecule has 1 rings (SSSR count). The van der Waals surface area contributed by atoms with E-state index in [0.717, 1.165) is 4.90 Å². The van der Waals surface area contributed by atoms with Crippen LogP contribution in [0.15, 0.2) is 12.1 Å². The molecule has 0 saturated carbocycles. The zero-order chi connectivity index (χ0) is 17.9. The van der Waals surface area contributed by atoms with Gasteiger partial charge < -0.3 is 5.11 Å². The summed E-state index contributed by atoms with van der Waals surface area (Å²) >= 11 is 0. The lowest BCUT2D eigenvalue weighted by Gasteiger charge is -2.38. The van der Waals surface area contributed by atoms with E-state index in [9.17, 15) is 27.9 Å². The number of Topliss-reactive ketones (excluding diaryl/α,β-unsaturated/α-hetero) is 1. The van der Waals surface area contributed by atoms with Crippen molar-refractivity contribution in [2.45, 2.75) is 38.8 Å². The Bertz CT molecular complexity index is 674. The fourth-order valence-electron chi connectivity index (χ4n) is 2.19. The number of hydrogen-bond donors (Lipinski definition) is 1. The maximum Gasteiger partial charge on any atom is 0.408 e. The van der Waals surface area contributed by atoms with Gasteiger partial charge in [-0.15, -0.1) is 12.3 Å². The number of carboxylic acid groups (broad SMARTS) is 1. The SMILES string of the molecule is C#CCC(C(=O)c1cc(F)c(F)cc1F)N(C(=O)O)C(C)(C)C. The number of terminal acetylenes is 1. The van der Waals surface area contributed by atoms with E-state index in [4.69, 9.17) is 6.42 Å². The highest BCUT2D eigenvalue weighted by Gasteiger charge is 2.38. The first-order valence-electron chi connectivity index (χ1n) is 6.65. The molecule has 0 aliphatic rings. The number of nitrogens with zero attached hydrogens (tertiary/aromatic N) is 1. The quantitative estimate of drug-likeness (QED) is 0.523. The molecule has 0 bridgehead atoms. The molecule has 0 heterocycles. The summed E-state index contributed by atoms with van der Waals surface area (Å²) in [6, 6.07) is -0.784. The van der Waals surface area contributed by atoms with Gasteiger partial charge in [-0.3, -0.25) is 9.69 Å². The monoisotopic (exact) mass is 327 g/mol. The second kappa shape index (κ2) is 6.73. The Morgan fingerprint density at radius 3 is 2.17 bits per heavy atom. The molecule has 0 aliphatic carbocycles. The van der Waals surface area contributed by atoms with Crippen molar-refractivity contribution in [3.05, 3.63) is 35.1 Å². The third-order valence-electron chi connectivity index (χ3n) is 3.13. The number of halogens is 3. The van der Waals surface area contributed by atoms with Gasteiger partial charge in [-0.2, -0.15) is 0 Å². The second-order valence-electron chi connectivity index (χ2n) is 5.86. The van der Waals surface area contributed by atoms with Gasteiger partial charge in [0.2, 0.25) is 0 Å². The number of carbonyl (C=O) groups excluding carboxylic acids is 1. The Hall–Kier alpha value is -2.49.